The Morgan fingerprint density at radius 1 is 0.792 bits per heavy atom. The van der Waals surface area contributed by atoms with E-state index in [9.17, 15) is 14.4 Å². The van der Waals surface area contributed by atoms with Crippen LogP contribution < -0.4 is 14.4 Å². The lowest BCUT2D eigenvalue weighted by Crippen LogP contribution is -2.46. The normalized spacial score (nSPS) is 16.1. The highest BCUT2D eigenvalue weighted by Crippen LogP contribution is 2.51. The first kappa shape index (κ1) is 34.0. The monoisotopic (exact) mass is 647 g/mol. The largest absolute Gasteiger partial charge is 0.490 e. The van der Waals surface area contributed by atoms with Crippen molar-refractivity contribution in [2.45, 2.75) is 46.3 Å². The first-order chi connectivity index (χ1) is 22.9. The molecule has 0 radical (unpaired) electrons. The predicted molar refractivity (Wildman–Crippen MR) is 184 cm³/mol. The average molecular weight is 648 g/mol. The van der Waals surface area contributed by atoms with Crippen molar-refractivity contribution in [3.05, 3.63) is 138 Å². The molecule has 1 amide bonds. The van der Waals surface area contributed by atoms with Crippen LogP contribution in [0.15, 0.2) is 115 Å². The Morgan fingerprint density at radius 2 is 1.35 bits per heavy atom. The van der Waals surface area contributed by atoms with Crippen LogP contribution in [-0.4, -0.2) is 43.8 Å². The second-order valence-electron chi connectivity index (χ2n) is 12.8. The maximum absolute atomic E-state index is 14.3. The molecule has 2 unspecified atom stereocenters. The number of nitrogens with zero attached hydrogens (tertiary/aromatic N) is 1. The number of benzene rings is 4. The molecule has 0 bridgehead atoms. The van der Waals surface area contributed by atoms with E-state index in [-0.39, 0.29) is 31.7 Å². The Morgan fingerprint density at radius 3 is 1.94 bits per heavy atom. The fourth-order valence-electron chi connectivity index (χ4n) is 5.61. The quantitative estimate of drug-likeness (QED) is 0.0894. The van der Waals surface area contributed by atoms with Crippen molar-refractivity contribution in [3.8, 4) is 11.5 Å². The minimum Gasteiger partial charge on any atom is -0.490 e. The number of hydrogen-bond acceptors (Lipinski definition) is 7. The zero-order chi connectivity index (χ0) is 34.5. The summed E-state index contributed by atoms with van der Waals surface area (Å²) < 4.78 is 22.6. The van der Waals surface area contributed by atoms with Crippen molar-refractivity contribution in [2.75, 3.05) is 24.7 Å². The van der Waals surface area contributed by atoms with Gasteiger partial charge in [0.25, 0.3) is 5.91 Å². The van der Waals surface area contributed by atoms with E-state index in [1.165, 1.54) is 0 Å². The molecule has 0 saturated carbocycles. The molecule has 0 saturated heterocycles. The molecule has 0 fully saturated rings. The van der Waals surface area contributed by atoms with Crippen molar-refractivity contribution in [2.24, 2.45) is 5.41 Å². The van der Waals surface area contributed by atoms with Crippen LogP contribution in [0.5, 0.6) is 11.5 Å². The molecule has 48 heavy (non-hydrogen) atoms. The molecule has 0 aliphatic carbocycles. The van der Waals surface area contributed by atoms with Crippen LogP contribution >= 0.6 is 0 Å². The molecule has 8 heteroatoms. The minimum absolute atomic E-state index is 0.0905. The molecule has 4 aromatic carbocycles. The van der Waals surface area contributed by atoms with Crippen LogP contribution in [-0.2, 0) is 24.6 Å². The van der Waals surface area contributed by atoms with Crippen LogP contribution in [0.3, 0.4) is 0 Å². The molecular weight excluding hydrogens is 606 g/mol. The Hall–Kier alpha value is -5.37. The van der Waals surface area contributed by atoms with E-state index >= 15 is 0 Å². The first-order valence-corrected chi connectivity index (χ1v) is 15.9. The van der Waals surface area contributed by atoms with Gasteiger partial charge in [0.15, 0.2) is 0 Å². The molecule has 2 atom stereocenters. The maximum atomic E-state index is 14.3. The smallest absolute Gasteiger partial charge is 0.333 e. The summed E-state index contributed by atoms with van der Waals surface area (Å²) in [6.45, 7) is 12.9. The van der Waals surface area contributed by atoms with Gasteiger partial charge >= 0.3 is 11.9 Å². The Bertz CT molecular complexity index is 1780. The predicted octanol–water partition coefficient (Wildman–Crippen LogP) is 7.49. The third-order valence-electron chi connectivity index (χ3n) is 7.98. The molecule has 0 aromatic heterocycles. The van der Waals surface area contributed by atoms with E-state index in [0.29, 0.717) is 22.6 Å². The number of anilines is 1. The zero-order valence-corrected chi connectivity index (χ0v) is 28.0. The van der Waals surface area contributed by atoms with E-state index in [1.54, 1.807) is 13.8 Å². The van der Waals surface area contributed by atoms with Gasteiger partial charge in [0, 0.05) is 16.8 Å². The maximum Gasteiger partial charge on any atom is 0.333 e. The van der Waals surface area contributed by atoms with E-state index in [0.717, 1.165) is 22.4 Å². The summed E-state index contributed by atoms with van der Waals surface area (Å²) >= 11 is 0. The second-order valence-corrected chi connectivity index (χ2v) is 12.8. The van der Waals surface area contributed by atoms with Crippen LogP contribution in [0.2, 0.25) is 0 Å². The second kappa shape index (κ2) is 14.2. The van der Waals surface area contributed by atoms with Gasteiger partial charge < -0.3 is 18.9 Å². The molecule has 248 valence electrons. The SMILES string of the molecule is C=C(C)C(=O)OCCOc1ccc(C2(c3ccc(OCC(C)OC(=O)C(C)(C)C)cc3)c3ccccc3C(=O)N2c2ccccc2)cc1. The van der Waals surface area contributed by atoms with Crippen LogP contribution in [0.25, 0.3) is 0 Å². The van der Waals surface area contributed by atoms with Gasteiger partial charge in [-0.3, -0.25) is 14.5 Å². The van der Waals surface area contributed by atoms with Crippen molar-refractivity contribution < 1.29 is 33.3 Å². The first-order valence-electron chi connectivity index (χ1n) is 15.9. The minimum atomic E-state index is -1.03. The lowest BCUT2D eigenvalue weighted by Gasteiger charge is -2.40. The number of ether oxygens (including phenoxy) is 4. The van der Waals surface area contributed by atoms with E-state index in [2.05, 4.69) is 6.58 Å². The highest BCUT2D eigenvalue weighted by Gasteiger charge is 2.52. The number of fused-ring (bicyclic) bond motifs is 1. The number of esters is 2. The summed E-state index contributed by atoms with van der Waals surface area (Å²) in [6, 6.07) is 32.6. The molecule has 8 nitrogen and oxygen atoms in total. The summed E-state index contributed by atoms with van der Waals surface area (Å²) in [5.41, 5.74) is 2.59. The summed E-state index contributed by atoms with van der Waals surface area (Å²) in [5, 5.41) is 0. The number of carbonyl (C=O) groups excluding carboxylic acids is 3. The summed E-state index contributed by atoms with van der Waals surface area (Å²) in [6.07, 6.45) is -0.436. The molecule has 0 spiro atoms. The average Bonchev–Trinajstić information content (AvgIpc) is 3.35. The van der Waals surface area contributed by atoms with Gasteiger partial charge in [0.1, 0.15) is 43.0 Å². The van der Waals surface area contributed by atoms with Crippen molar-refractivity contribution in [3.63, 3.8) is 0 Å². The Kier molecular flexibility index (Phi) is 10.0. The van der Waals surface area contributed by atoms with Crippen molar-refractivity contribution in [1.29, 1.82) is 0 Å². The summed E-state index contributed by atoms with van der Waals surface area (Å²) in [4.78, 5) is 40.2. The van der Waals surface area contributed by atoms with Gasteiger partial charge in [-0.25, -0.2) is 4.79 Å². The summed E-state index contributed by atoms with van der Waals surface area (Å²) in [5.74, 6) is 0.327. The topological polar surface area (TPSA) is 91.4 Å². The summed E-state index contributed by atoms with van der Waals surface area (Å²) in [7, 11) is 0. The van der Waals surface area contributed by atoms with E-state index in [4.69, 9.17) is 18.9 Å². The Labute approximate surface area is 281 Å². The number of amides is 1. The fraction of sp³-hybridized carbons (Fsp3) is 0.275. The molecule has 0 N–H and O–H groups in total. The molecule has 1 heterocycles. The zero-order valence-electron chi connectivity index (χ0n) is 28.0. The lowest BCUT2D eigenvalue weighted by molar-refractivity contribution is -0.159. The van der Waals surface area contributed by atoms with Gasteiger partial charge in [0.05, 0.1) is 5.41 Å². The Balaban J connectivity index is 1.50. The number of rotatable bonds is 12. The van der Waals surface area contributed by atoms with Gasteiger partial charge in [-0.05, 0) is 93.8 Å². The number of para-hydroxylation sites is 1. The molecular formula is C40H41NO7. The molecule has 1 aliphatic rings. The van der Waals surface area contributed by atoms with E-state index < -0.39 is 23.0 Å². The third kappa shape index (κ3) is 6.98. The standard InChI is InChI=1S/C40H41NO7/c1-27(2)37(43)46-25-24-45-32-20-16-29(17-21-32)40(30-18-22-33(23-19-30)47-26-28(3)48-38(44)39(4,5)6)35-15-11-10-14-34(35)36(42)41(40)31-12-8-7-9-13-31/h7-23,28H,1,24-26H2,2-6H3. The highest BCUT2D eigenvalue weighted by atomic mass is 16.6. The molecule has 1 aliphatic heterocycles. The van der Waals surface area contributed by atoms with Gasteiger partial charge in [-0.1, -0.05) is 67.2 Å². The molecule has 5 rings (SSSR count). The van der Waals surface area contributed by atoms with Crippen LogP contribution in [0.4, 0.5) is 5.69 Å². The van der Waals surface area contributed by atoms with Gasteiger partial charge in [0.2, 0.25) is 0 Å². The number of hydrogen-bond donors (Lipinski definition) is 0. The molecule has 4 aromatic rings. The third-order valence-corrected chi connectivity index (χ3v) is 7.98. The number of carbonyl (C=O) groups is 3. The van der Waals surface area contributed by atoms with Gasteiger partial charge in [-0.15, -0.1) is 0 Å². The van der Waals surface area contributed by atoms with Crippen molar-refractivity contribution in [1.82, 2.24) is 0 Å². The van der Waals surface area contributed by atoms with E-state index in [1.807, 2.05) is 129 Å². The van der Waals surface area contributed by atoms with Gasteiger partial charge in [-0.2, -0.15) is 0 Å². The van der Waals surface area contributed by atoms with Crippen molar-refractivity contribution >= 4 is 23.5 Å². The van der Waals surface area contributed by atoms with Crippen LogP contribution in [0.1, 0.15) is 61.7 Å². The lowest BCUT2D eigenvalue weighted by atomic mass is 9.76. The van der Waals surface area contributed by atoms with Crippen LogP contribution in [0, 0.1) is 5.41 Å². The fourth-order valence-corrected chi connectivity index (χ4v) is 5.61. The highest BCUT2D eigenvalue weighted by molar-refractivity contribution is 6.13.